The Hall–Kier alpha value is -2.87. The van der Waals surface area contributed by atoms with Crippen molar-refractivity contribution in [2.75, 3.05) is 7.05 Å². The maximum absolute atomic E-state index is 13.3. The SMILES string of the molecule is Cc1cccc(OCc2nnc(SC(C)C(=O)N(C)Cc3cccc(F)c3)o2)c1. The average molecular weight is 415 g/mol. The molecule has 0 aliphatic rings. The molecule has 0 saturated carbocycles. The second-order valence-electron chi connectivity index (χ2n) is 6.65. The van der Waals surface area contributed by atoms with Gasteiger partial charge in [-0.25, -0.2) is 4.39 Å². The first-order valence-electron chi connectivity index (χ1n) is 9.08. The summed E-state index contributed by atoms with van der Waals surface area (Å²) in [5, 5.41) is 7.80. The van der Waals surface area contributed by atoms with Crippen molar-refractivity contribution < 1.29 is 18.3 Å². The molecule has 2 aromatic carbocycles. The summed E-state index contributed by atoms with van der Waals surface area (Å²) in [6.07, 6.45) is 0. The molecule has 3 rings (SSSR count). The van der Waals surface area contributed by atoms with Gasteiger partial charge in [-0.15, -0.1) is 10.2 Å². The number of carbonyl (C=O) groups excluding carboxylic acids is 1. The van der Waals surface area contributed by atoms with E-state index in [2.05, 4.69) is 10.2 Å². The number of amides is 1. The molecule has 8 heteroatoms. The van der Waals surface area contributed by atoms with Gasteiger partial charge in [0, 0.05) is 13.6 Å². The van der Waals surface area contributed by atoms with Crippen LogP contribution in [0.4, 0.5) is 4.39 Å². The number of ether oxygens (including phenoxy) is 1. The molecule has 1 unspecified atom stereocenters. The van der Waals surface area contributed by atoms with Crippen LogP contribution >= 0.6 is 11.8 Å². The quantitative estimate of drug-likeness (QED) is 0.513. The lowest BCUT2D eigenvalue weighted by atomic mass is 10.2. The van der Waals surface area contributed by atoms with E-state index >= 15 is 0 Å². The first-order valence-corrected chi connectivity index (χ1v) is 9.96. The normalized spacial score (nSPS) is 11.9. The number of hydrogen-bond acceptors (Lipinski definition) is 6. The number of halogens is 1. The molecule has 1 heterocycles. The summed E-state index contributed by atoms with van der Waals surface area (Å²) >= 11 is 1.18. The molecular weight excluding hydrogens is 393 g/mol. The van der Waals surface area contributed by atoms with Gasteiger partial charge in [-0.05, 0) is 49.2 Å². The highest BCUT2D eigenvalue weighted by atomic mass is 32.2. The Morgan fingerprint density at radius 1 is 1.24 bits per heavy atom. The summed E-state index contributed by atoms with van der Waals surface area (Å²) in [6, 6.07) is 13.9. The zero-order chi connectivity index (χ0) is 20.8. The van der Waals surface area contributed by atoms with Gasteiger partial charge in [-0.2, -0.15) is 0 Å². The number of benzene rings is 2. The Kier molecular flexibility index (Phi) is 6.87. The zero-order valence-electron chi connectivity index (χ0n) is 16.5. The standard InChI is InChI=1S/C21H22FN3O3S/c1-14-6-4-9-18(10-14)27-13-19-23-24-21(28-19)29-15(2)20(26)25(3)12-16-7-5-8-17(22)11-16/h4-11,15H,12-13H2,1-3H3. The lowest BCUT2D eigenvalue weighted by molar-refractivity contribution is -0.129. The molecule has 1 atom stereocenters. The fourth-order valence-corrected chi connectivity index (χ4v) is 3.51. The number of rotatable bonds is 8. The van der Waals surface area contributed by atoms with Crippen LogP contribution in [-0.4, -0.2) is 33.3 Å². The number of aryl methyl sites for hydroxylation is 1. The largest absolute Gasteiger partial charge is 0.484 e. The predicted octanol–water partition coefficient (Wildman–Crippen LogP) is 4.24. The van der Waals surface area contributed by atoms with Crippen molar-refractivity contribution in [3.63, 3.8) is 0 Å². The third-order valence-corrected chi connectivity index (χ3v) is 5.03. The van der Waals surface area contributed by atoms with Crippen molar-refractivity contribution in [1.82, 2.24) is 15.1 Å². The predicted molar refractivity (Wildman–Crippen MR) is 108 cm³/mol. The highest BCUT2D eigenvalue weighted by Crippen LogP contribution is 2.24. The molecule has 0 fully saturated rings. The average Bonchev–Trinajstić information content (AvgIpc) is 3.13. The summed E-state index contributed by atoms with van der Waals surface area (Å²) in [4.78, 5) is 14.1. The van der Waals surface area contributed by atoms with Gasteiger partial charge in [-0.1, -0.05) is 36.0 Å². The highest BCUT2D eigenvalue weighted by Gasteiger charge is 2.22. The van der Waals surface area contributed by atoms with Crippen molar-refractivity contribution in [2.24, 2.45) is 0 Å². The molecule has 3 aromatic rings. The Morgan fingerprint density at radius 3 is 2.79 bits per heavy atom. The minimum atomic E-state index is -0.431. The molecule has 6 nitrogen and oxygen atoms in total. The summed E-state index contributed by atoms with van der Waals surface area (Å²) in [7, 11) is 1.68. The lowest BCUT2D eigenvalue weighted by Gasteiger charge is -2.20. The van der Waals surface area contributed by atoms with Gasteiger partial charge in [0.1, 0.15) is 11.6 Å². The van der Waals surface area contributed by atoms with Gasteiger partial charge in [0.05, 0.1) is 5.25 Å². The molecule has 0 aliphatic heterocycles. The van der Waals surface area contributed by atoms with Gasteiger partial charge in [0.25, 0.3) is 11.1 Å². The van der Waals surface area contributed by atoms with E-state index in [1.54, 1.807) is 31.0 Å². The van der Waals surface area contributed by atoms with E-state index in [0.29, 0.717) is 17.7 Å². The molecule has 1 aromatic heterocycles. The number of thioether (sulfide) groups is 1. The highest BCUT2D eigenvalue weighted by molar-refractivity contribution is 8.00. The van der Waals surface area contributed by atoms with Crippen molar-refractivity contribution >= 4 is 17.7 Å². The first kappa shape index (κ1) is 20.9. The number of aromatic nitrogens is 2. The van der Waals surface area contributed by atoms with Gasteiger partial charge in [0.2, 0.25) is 5.91 Å². The van der Waals surface area contributed by atoms with Crippen LogP contribution in [0.1, 0.15) is 23.9 Å². The van der Waals surface area contributed by atoms with Gasteiger partial charge >= 0.3 is 0 Å². The van der Waals surface area contributed by atoms with Crippen LogP contribution in [0.5, 0.6) is 5.75 Å². The fraction of sp³-hybridized carbons (Fsp3) is 0.286. The van der Waals surface area contributed by atoms with Gasteiger partial charge in [0.15, 0.2) is 6.61 Å². The van der Waals surface area contributed by atoms with E-state index in [9.17, 15) is 9.18 Å². The topological polar surface area (TPSA) is 68.5 Å². The van der Waals surface area contributed by atoms with E-state index < -0.39 is 5.25 Å². The molecule has 152 valence electrons. The van der Waals surface area contributed by atoms with E-state index in [0.717, 1.165) is 16.9 Å². The molecule has 29 heavy (non-hydrogen) atoms. The Balaban J connectivity index is 1.52. The number of hydrogen-bond donors (Lipinski definition) is 0. The Morgan fingerprint density at radius 2 is 2.03 bits per heavy atom. The smallest absolute Gasteiger partial charge is 0.277 e. The minimum Gasteiger partial charge on any atom is -0.484 e. The zero-order valence-corrected chi connectivity index (χ0v) is 17.3. The van der Waals surface area contributed by atoms with Gasteiger partial charge in [-0.3, -0.25) is 4.79 Å². The van der Waals surface area contributed by atoms with E-state index in [1.165, 1.54) is 23.9 Å². The number of nitrogens with zero attached hydrogens (tertiary/aromatic N) is 3. The summed E-state index contributed by atoms with van der Waals surface area (Å²) in [5.74, 6) is 0.619. The third kappa shape index (κ3) is 6.05. The van der Waals surface area contributed by atoms with Crippen LogP contribution in [0.15, 0.2) is 58.2 Å². The van der Waals surface area contributed by atoms with Crippen molar-refractivity contribution in [1.29, 1.82) is 0 Å². The maximum atomic E-state index is 13.3. The molecule has 1 amide bonds. The maximum Gasteiger partial charge on any atom is 0.277 e. The van der Waals surface area contributed by atoms with Crippen molar-refractivity contribution in [3.05, 3.63) is 71.4 Å². The molecule has 0 aliphatic carbocycles. The van der Waals surface area contributed by atoms with Gasteiger partial charge < -0.3 is 14.1 Å². The third-order valence-electron chi connectivity index (χ3n) is 4.11. The number of carbonyl (C=O) groups is 1. The molecule has 0 N–H and O–H groups in total. The van der Waals surface area contributed by atoms with Crippen LogP contribution in [0.25, 0.3) is 0 Å². The fourth-order valence-electron chi connectivity index (χ4n) is 2.69. The molecule has 0 saturated heterocycles. The second-order valence-corrected chi connectivity index (χ2v) is 7.94. The van der Waals surface area contributed by atoms with Crippen LogP contribution in [0.3, 0.4) is 0 Å². The van der Waals surface area contributed by atoms with E-state index in [1.807, 2.05) is 31.2 Å². The summed E-state index contributed by atoms with van der Waals surface area (Å²) in [5.41, 5.74) is 1.82. The van der Waals surface area contributed by atoms with Crippen LogP contribution in [0, 0.1) is 12.7 Å². The molecule has 0 spiro atoms. The monoisotopic (exact) mass is 415 g/mol. The van der Waals surface area contributed by atoms with Crippen molar-refractivity contribution in [3.8, 4) is 5.75 Å². The Labute approximate surface area is 173 Å². The minimum absolute atomic E-state index is 0.116. The van der Waals surface area contributed by atoms with Crippen LogP contribution < -0.4 is 4.74 Å². The summed E-state index contributed by atoms with van der Waals surface area (Å²) < 4.78 is 24.5. The molecule has 0 radical (unpaired) electrons. The first-order chi connectivity index (χ1) is 13.9. The van der Waals surface area contributed by atoms with Crippen LogP contribution in [0.2, 0.25) is 0 Å². The van der Waals surface area contributed by atoms with Crippen molar-refractivity contribution in [2.45, 2.75) is 37.5 Å². The van der Waals surface area contributed by atoms with E-state index in [4.69, 9.17) is 9.15 Å². The second kappa shape index (κ2) is 9.56. The summed E-state index contributed by atoms with van der Waals surface area (Å²) in [6.45, 7) is 4.22. The lowest BCUT2D eigenvalue weighted by Crippen LogP contribution is -2.32. The molecular formula is C21H22FN3O3S. The van der Waals surface area contributed by atoms with E-state index in [-0.39, 0.29) is 18.3 Å². The Bertz CT molecular complexity index is 979. The van der Waals surface area contributed by atoms with Crippen LogP contribution in [-0.2, 0) is 17.9 Å². The molecule has 0 bridgehead atoms.